The van der Waals surface area contributed by atoms with Gasteiger partial charge in [0.15, 0.2) is 0 Å². The topological polar surface area (TPSA) is 129 Å². The predicted molar refractivity (Wildman–Crippen MR) is 109 cm³/mol. The number of carbonyl (C=O) groups excluding carboxylic acids is 4. The lowest BCUT2D eigenvalue weighted by atomic mass is 9.91. The zero-order valence-corrected chi connectivity index (χ0v) is 17.6. The van der Waals surface area contributed by atoms with Gasteiger partial charge in [-0.05, 0) is 43.7 Å². The molecule has 1 aromatic rings. The van der Waals surface area contributed by atoms with E-state index >= 15 is 0 Å². The van der Waals surface area contributed by atoms with Crippen molar-refractivity contribution in [2.45, 2.75) is 50.6 Å². The summed E-state index contributed by atoms with van der Waals surface area (Å²) < 4.78 is 4.82. The van der Waals surface area contributed by atoms with E-state index in [1.165, 1.54) is 13.2 Å². The number of ether oxygens (including phenoxy) is 1. The van der Waals surface area contributed by atoms with Gasteiger partial charge in [-0.25, -0.2) is 4.79 Å². The number of amides is 3. The number of hydrogen-bond acceptors (Lipinski definition) is 5. The average Bonchev–Trinajstić information content (AvgIpc) is 3.44. The first-order valence-corrected chi connectivity index (χ1v) is 10.6. The molecule has 3 amide bonds. The van der Waals surface area contributed by atoms with Crippen LogP contribution in [0.1, 0.15) is 49.0 Å². The Hall–Kier alpha value is -2.55. The molecule has 1 saturated carbocycles. The second kappa shape index (κ2) is 9.97. The van der Waals surface area contributed by atoms with E-state index in [0.717, 1.165) is 19.3 Å². The highest BCUT2D eigenvalue weighted by Gasteiger charge is 2.35. The molecule has 0 unspecified atom stereocenters. The van der Waals surface area contributed by atoms with E-state index in [2.05, 4.69) is 20.9 Å². The van der Waals surface area contributed by atoms with Crippen molar-refractivity contribution in [1.82, 2.24) is 20.9 Å². The van der Waals surface area contributed by atoms with Crippen LogP contribution in [0.2, 0.25) is 5.15 Å². The zero-order chi connectivity index (χ0) is 21.7. The lowest BCUT2D eigenvalue weighted by Crippen LogP contribution is -2.53. The molecule has 3 atom stereocenters. The van der Waals surface area contributed by atoms with Gasteiger partial charge in [0, 0.05) is 12.5 Å². The largest absolute Gasteiger partial charge is 0.467 e. The molecule has 0 bridgehead atoms. The zero-order valence-electron chi connectivity index (χ0n) is 16.8. The third kappa shape index (κ3) is 5.98. The molecule has 1 saturated heterocycles. The molecule has 1 aliphatic heterocycles. The third-order valence-corrected chi connectivity index (χ3v) is 5.73. The molecular formula is C20H27ClN4O5. The van der Waals surface area contributed by atoms with Gasteiger partial charge in [0.1, 0.15) is 22.9 Å². The van der Waals surface area contributed by atoms with Crippen molar-refractivity contribution < 1.29 is 23.9 Å². The SMILES string of the molecule is COC(=O)[C@H](C[C@@H]1CCCNC1=O)NC(=O)[C@H](CC1CC1)NC(=O)c1ccc(Cl)[nH]1. The summed E-state index contributed by atoms with van der Waals surface area (Å²) in [6, 6.07) is 1.31. The van der Waals surface area contributed by atoms with Gasteiger partial charge in [0.2, 0.25) is 11.8 Å². The number of piperidine rings is 1. The molecule has 4 N–H and O–H groups in total. The highest BCUT2D eigenvalue weighted by atomic mass is 35.5. The van der Waals surface area contributed by atoms with Crippen LogP contribution in [-0.2, 0) is 19.1 Å². The number of esters is 1. The molecule has 3 rings (SSSR count). The van der Waals surface area contributed by atoms with E-state index in [9.17, 15) is 19.2 Å². The van der Waals surface area contributed by atoms with Gasteiger partial charge in [0.25, 0.3) is 5.91 Å². The molecule has 1 aromatic heterocycles. The number of carbonyl (C=O) groups is 4. The fraction of sp³-hybridized carbons (Fsp3) is 0.600. The highest BCUT2D eigenvalue weighted by molar-refractivity contribution is 6.29. The van der Waals surface area contributed by atoms with Crippen molar-refractivity contribution in [3.63, 3.8) is 0 Å². The van der Waals surface area contributed by atoms with Gasteiger partial charge < -0.3 is 25.7 Å². The molecule has 0 spiro atoms. The Bertz CT molecular complexity index is 807. The van der Waals surface area contributed by atoms with Gasteiger partial charge in [-0.1, -0.05) is 24.4 Å². The lowest BCUT2D eigenvalue weighted by Gasteiger charge is -2.27. The first-order valence-electron chi connectivity index (χ1n) is 10.2. The van der Waals surface area contributed by atoms with E-state index in [-0.39, 0.29) is 23.9 Å². The van der Waals surface area contributed by atoms with Gasteiger partial charge in [-0.3, -0.25) is 14.4 Å². The molecule has 2 aliphatic rings. The molecule has 164 valence electrons. The summed E-state index contributed by atoms with van der Waals surface area (Å²) in [5.74, 6) is -1.69. The number of halogens is 1. The van der Waals surface area contributed by atoms with Gasteiger partial charge in [-0.15, -0.1) is 0 Å². The first-order chi connectivity index (χ1) is 14.4. The van der Waals surface area contributed by atoms with E-state index in [4.69, 9.17) is 16.3 Å². The van der Waals surface area contributed by atoms with Gasteiger partial charge in [-0.2, -0.15) is 0 Å². The molecule has 0 aromatic carbocycles. The Morgan fingerprint density at radius 1 is 1.17 bits per heavy atom. The number of aromatic nitrogens is 1. The summed E-state index contributed by atoms with van der Waals surface area (Å²) in [5, 5.41) is 8.50. The molecular weight excluding hydrogens is 412 g/mol. The first kappa shape index (κ1) is 22.1. The van der Waals surface area contributed by atoms with Crippen molar-refractivity contribution in [2.24, 2.45) is 11.8 Å². The summed E-state index contributed by atoms with van der Waals surface area (Å²) in [5.41, 5.74) is 0.247. The van der Waals surface area contributed by atoms with Crippen LogP contribution in [0.3, 0.4) is 0 Å². The standard InChI is InChI=1S/C20H27ClN4O5/c1-30-20(29)15(10-12-3-2-8-22-17(12)26)25-19(28)14(9-11-4-5-11)24-18(27)13-6-7-16(21)23-13/h6-7,11-12,14-15,23H,2-5,8-10H2,1H3,(H,22,26)(H,24,27)(H,25,28)/t12-,14-,15-/m0/s1. The average molecular weight is 439 g/mol. The van der Waals surface area contributed by atoms with Crippen molar-refractivity contribution in [3.05, 3.63) is 23.0 Å². The number of hydrogen-bond donors (Lipinski definition) is 4. The van der Waals surface area contributed by atoms with Crippen LogP contribution < -0.4 is 16.0 Å². The van der Waals surface area contributed by atoms with Gasteiger partial charge >= 0.3 is 5.97 Å². The van der Waals surface area contributed by atoms with Crippen molar-refractivity contribution >= 4 is 35.3 Å². The summed E-state index contributed by atoms with van der Waals surface area (Å²) >= 11 is 5.82. The summed E-state index contributed by atoms with van der Waals surface area (Å²) in [4.78, 5) is 52.5. The summed E-state index contributed by atoms with van der Waals surface area (Å²) in [7, 11) is 1.24. The number of nitrogens with one attached hydrogen (secondary N) is 4. The van der Waals surface area contributed by atoms with E-state index in [1.54, 1.807) is 6.07 Å². The van der Waals surface area contributed by atoms with Gasteiger partial charge in [0.05, 0.1) is 7.11 Å². The molecule has 10 heteroatoms. The molecule has 2 fully saturated rings. The molecule has 30 heavy (non-hydrogen) atoms. The van der Waals surface area contributed by atoms with Crippen molar-refractivity contribution in [1.29, 1.82) is 0 Å². The van der Waals surface area contributed by atoms with Crippen LogP contribution in [0.15, 0.2) is 12.1 Å². The van der Waals surface area contributed by atoms with Crippen molar-refractivity contribution in [3.8, 4) is 0 Å². The van der Waals surface area contributed by atoms with E-state index in [0.29, 0.717) is 30.5 Å². The summed E-state index contributed by atoms with van der Waals surface area (Å²) in [6.45, 7) is 0.614. The third-order valence-electron chi connectivity index (χ3n) is 5.50. The normalized spacial score (nSPS) is 20.6. The maximum Gasteiger partial charge on any atom is 0.328 e. The Labute approximate surface area is 179 Å². The second-order valence-electron chi connectivity index (χ2n) is 7.88. The monoisotopic (exact) mass is 438 g/mol. The number of H-pyrrole nitrogens is 1. The highest BCUT2D eigenvalue weighted by Crippen LogP contribution is 2.33. The molecule has 1 aliphatic carbocycles. The maximum atomic E-state index is 13.0. The van der Waals surface area contributed by atoms with Crippen LogP contribution >= 0.6 is 11.6 Å². The molecule has 9 nitrogen and oxygen atoms in total. The lowest BCUT2D eigenvalue weighted by molar-refractivity contribution is -0.146. The van der Waals surface area contributed by atoms with E-state index < -0.39 is 29.9 Å². The van der Waals surface area contributed by atoms with Crippen LogP contribution in [0.5, 0.6) is 0 Å². The van der Waals surface area contributed by atoms with E-state index in [1.807, 2.05) is 0 Å². The number of aromatic amines is 1. The quantitative estimate of drug-likeness (QED) is 0.429. The Morgan fingerprint density at radius 3 is 2.53 bits per heavy atom. The van der Waals surface area contributed by atoms with Crippen LogP contribution in [0.25, 0.3) is 0 Å². The fourth-order valence-corrected chi connectivity index (χ4v) is 3.79. The predicted octanol–water partition coefficient (Wildman–Crippen LogP) is 1.14. The van der Waals surface area contributed by atoms with Crippen molar-refractivity contribution in [2.75, 3.05) is 13.7 Å². The summed E-state index contributed by atoms with van der Waals surface area (Å²) in [6.07, 6.45) is 4.08. The Balaban J connectivity index is 1.66. The number of methoxy groups -OCH3 is 1. The minimum absolute atomic E-state index is 0.129. The minimum Gasteiger partial charge on any atom is -0.467 e. The smallest absolute Gasteiger partial charge is 0.328 e. The number of rotatable bonds is 9. The van der Waals surface area contributed by atoms with Crippen LogP contribution in [0, 0.1) is 11.8 Å². The molecule has 0 radical (unpaired) electrons. The van der Waals surface area contributed by atoms with Crippen LogP contribution in [-0.4, -0.2) is 54.4 Å². The van der Waals surface area contributed by atoms with Crippen LogP contribution in [0.4, 0.5) is 0 Å². The Kier molecular flexibility index (Phi) is 7.36. The molecule has 2 heterocycles. The maximum absolute atomic E-state index is 13.0. The second-order valence-corrected chi connectivity index (χ2v) is 8.28. The minimum atomic E-state index is -0.963. The fourth-order valence-electron chi connectivity index (χ4n) is 3.63. The Morgan fingerprint density at radius 2 is 1.93 bits per heavy atom.